The summed E-state index contributed by atoms with van der Waals surface area (Å²) >= 11 is 0. The van der Waals surface area contributed by atoms with E-state index in [0.717, 1.165) is 25.2 Å². The van der Waals surface area contributed by atoms with Crippen LogP contribution in [0.25, 0.3) is 0 Å². The summed E-state index contributed by atoms with van der Waals surface area (Å²) in [5.74, 6) is 1.01. The van der Waals surface area contributed by atoms with Crippen molar-refractivity contribution in [2.24, 2.45) is 0 Å². The van der Waals surface area contributed by atoms with Gasteiger partial charge in [-0.15, -0.1) is 0 Å². The van der Waals surface area contributed by atoms with Gasteiger partial charge in [-0.2, -0.15) is 0 Å². The summed E-state index contributed by atoms with van der Waals surface area (Å²) in [6.07, 6.45) is 1.59. The second kappa shape index (κ2) is 6.04. The fraction of sp³-hybridized carbons (Fsp3) is 0.611. The second-order valence-electron chi connectivity index (χ2n) is 7.45. The molecule has 1 saturated carbocycles. The van der Waals surface area contributed by atoms with Crippen LogP contribution in [0.15, 0.2) is 18.2 Å². The molecular weight excluding hydrogens is 292 g/mol. The third-order valence-electron chi connectivity index (χ3n) is 4.17. The first-order valence-electron chi connectivity index (χ1n) is 8.33. The molecule has 1 aromatic rings. The molecule has 1 amide bonds. The molecule has 1 aromatic carbocycles. The average Bonchev–Trinajstić information content (AvgIpc) is 2.99. The lowest BCUT2D eigenvalue weighted by Gasteiger charge is -2.20. The van der Waals surface area contributed by atoms with Gasteiger partial charge < -0.3 is 20.1 Å². The van der Waals surface area contributed by atoms with Crippen molar-refractivity contribution in [2.45, 2.75) is 64.3 Å². The summed E-state index contributed by atoms with van der Waals surface area (Å²) < 4.78 is 10.8. The van der Waals surface area contributed by atoms with Gasteiger partial charge in [-0.3, -0.25) is 0 Å². The van der Waals surface area contributed by atoms with E-state index in [4.69, 9.17) is 9.47 Å². The molecule has 5 heteroatoms. The highest BCUT2D eigenvalue weighted by molar-refractivity contribution is 5.68. The first kappa shape index (κ1) is 16.1. The van der Waals surface area contributed by atoms with Crippen LogP contribution < -0.4 is 15.4 Å². The zero-order valence-electron chi connectivity index (χ0n) is 14.3. The average molecular weight is 318 g/mol. The molecule has 126 valence electrons. The van der Waals surface area contributed by atoms with E-state index >= 15 is 0 Å². The first-order valence-corrected chi connectivity index (χ1v) is 8.33. The van der Waals surface area contributed by atoms with Crippen molar-refractivity contribution in [3.8, 4) is 5.75 Å². The summed E-state index contributed by atoms with van der Waals surface area (Å²) in [6, 6.07) is 7.10. The Balaban J connectivity index is 1.48. The van der Waals surface area contributed by atoms with E-state index < -0.39 is 5.60 Å². The van der Waals surface area contributed by atoms with Crippen molar-refractivity contribution < 1.29 is 14.3 Å². The van der Waals surface area contributed by atoms with Gasteiger partial charge in [-0.1, -0.05) is 12.1 Å². The van der Waals surface area contributed by atoms with E-state index in [-0.39, 0.29) is 18.2 Å². The number of hydrogen-bond acceptors (Lipinski definition) is 4. The highest BCUT2D eigenvalue weighted by Crippen LogP contribution is 2.30. The van der Waals surface area contributed by atoms with Crippen LogP contribution in [0.5, 0.6) is 5.75 Å². The van der Waals surface area contributed by atoms with Gasteiger partial charge in [-0.05, 0) is 51.3 Å². The van der Waals surface area contributed by atoms with Gasteiger partial charge >= 0.3 is 6.09 Å². The predicted molar refractivity (Wildman–Crippen MR) is 88.8 cm³/mol. The van der Waals surface area contributed by atoms with E-state index in [1.165, 1.54) is 11.1 Å². The number of benzene rings is 1. The molecule has 5 nitrogen and oxygen atoms in total. The minimum Gasteiger partial charge on any atom is -0.493 e. The maximum absolute atomic E-state index is 11.8. The Bertz CT molecular complexity index is 594. The minimum absolute atomic E-state index is 0.157. The molecule has 0 aromatic heterocycles. The normalized spacial score (nSPS) is 23.7. The summed E-state index contributed by atoms with van der Waals surface area (Å²) in [7, 11) is 0. The molecule has 2 aliphatic rings. The van der Waals surface area contributed by atoms with Crippen LogP contribution in [-0.2, 0) is 11.2 Å². The van der Waals surface area contributed by atoms with E-state index in [0.29, 0.717) is 6.04 Å². The molecule has 1 aliphatic heterocycles. The van der Waals surface area contributed by atoms with E-state index in [2.05, 4.69) is 35.8 Å². The lowest BCUT2D eigenvalue weighted by Crippen LogP contribution is -2.37. The van der Waals surface area contributed by atoms with Crippen molar-refractivity contribution in [3.63, 3.8) is 0 Å². The molecule has 1 aliphatic carbocycles. The lowest BCUT2D eigenvalue weighted by molar-refractivity contribution is 0.0522. The molecule has 3 rings (SSSR count). The Labute approximate surface area is 137 Å². The molecule has 1 fully saturated rings. The van der Waals surface area contributed by atoms with Crippen molar-refractivity contribution in [2.75, 3.05) is 6.61 Å². The fourth-order valence-corrected chi connectivity index (χ4v) is 2.89. The van der Waals surface area contributed by atoms with Crippen molar-refractivity contribution in [1.29, 1.82) is 0 Å². The molecule has 3 unspecified atom stereocenters. The molecule has 0 saturated heterocycles. The zero-order chi connectivity index (χ0) is 16.6. The molecule has 0 bridgehead atoms. The van der Waals surface area contributed by atoms with Crippen molar-refractivity contribution >= 4 is 6.09 Å². The Morgan fingerprint density at radius 2 is 2.13 bits per heavy atom. The van der Waals surface area contributed by atoms with Crippen LogP contribution in [0.4, 0.5) is 4.79 Å². The first-order chi connectivity index (χ1) is 10.8. The predicted octanol–water partition coefficient (Wildman–Crippen LogP) is 2.94. The van der Waals surface area contributed by atoms with E-state index in [1.54, 1.807) is 0 Å². The highest BCUT2D eigenvalue weighted by Gasteiger charge is 2.40. The third kappa shape index (κ3) is 4.16. The summed E-state index contributed by atoms with van der Waals surface area (Å²) in [5, 5.41) is 6.48. The smallest absolute Gasteiger partial charge is 0.407 e. The molecule has 3 atom stereocenters. The number of amides is 1. The fourth-order valence-electron chi connectivity index (χ4n) is 2.89. The van der Waals surface area contributed by atoms with Gasteiger partial charge in [0.1, 0.15) is 11.4 Å². The van der Waals surface area contributed by atoms with Gasteiger partial charge in [0.2, 0.25) is 0 Å². The van der Waals surface area contributed by atoms with Crippen molar-refractivity contribution in [3.05, 3.63) is 29.3 Å². The lowest BCUT2D eigenvalue weighted by atomic mass is 10.0. The van der Waals surface area contributed by atoms with E-state index in [9.17, 15) is 4.79 Å². The number of fused-ring (bicyclic) bond motifs is 1. The van der Waals surface area contributed by atoms with Crippen LogP contribution >= 0.6 is 0 Å². The Hall–Kier alpha value is -1.75. The van der Waals surface area contributed by atoms with Crippen LogP contribution in [0.3, 0.4) is 0 Å². The minimum atomic E-state index is -0.457. The number of rotatable bonds is 4. The Kier molecular flexibility index (Phi) is 4.23. The van der Waals surface area contributed by atoms with Crippen LogP contribution in [-0.4, -0.2) is 30.4 Å². The summed E-state index contributed by atoms with van der Waals surface area (Å²) in [4.78, 5) is 11.8. The van der Waals surface area contributed by atoms with E-state index in [1.807, 2.05) is 20.8 Å². The number of alkyl carbamates (subject to hydrolysis) is 1. The topological polar surface area (TPSA) is 59.6 Å². The van der Waals surface area contributed by atoms with Gasteiger partial charge in [0, 0.05) is 24.5 Å². The SMILES string of the molecule is CC(NC1CC1NC(=O)OC(C)(C)C)c1ccc2c(c1)CCO2. The maximum atomic E-state index is 11.8. The summed E-state index contributed by atoms with van der Waals surface area (Å²) in [5.41, 5.74) is 2.09. The molecule has 2 N–H and O–H groups in total. The number of hydrogen-bond donors (Lipinski definition) is 2. The quantitative estimate of drug-likeness (QED) is 0.896. The number of ether oxygens (including phenoxy) is 2. The molecule has 1 heterocycles. The van der Waals surface area contributed by atoms with Crippen LogP contribution in [0.2, 0.25) is 0 Å². The number of nitrogens with one attached hydrogen (secondary N) is 2. The van der Waals surface area contributed by atoms with Crippen LogP contribution in [0.1, 0.15) is 51.3 Å². The molecule has 0 radical (unpaired) electrons. The largest absolute Gasteiger partial charge is 0.493 e. The monoisotopic (exact) mass is 318 g/mol. The number of carbonyl (C=O) groups is 1. The van der Waals surface area contributed by atoms with Gasteiger partial charge in [-0.25, -0.2) is 4.79 Å². The number of carbonyl (C=O) groups excluding carboxylic acids is 1. The van der Waals surface area contributed by atoms with Gasteiger partial charge in [0.05, 0.1) is 6.61 Å². The second-order valence-corrected chi connectivity index (χ2v) is 7.45. The molecule has 23 heavy (non-hydrogen) atoms. The standard InChI is InChI=1S/C18H26N2O3/c1-11(12-5-6-16-13(9-12)7-8-22-16)19-14-10-15(14)20-17(21)23-18(2,3)4/h5-6,9,11,14-15,19H,7-8,10H2,1-4H3,(H,20,21). The van der Waals surface area contributed by atoms with Gasteiger partial charge in [0.15, 0.2) is 0 Å². The third-order valence-corrected chi connectivity index (χ3v) is 4.17. The molecule has 0 spiro atoms. The van der Waals surface area contributed by atoms with Crippen molar-refractivity contribution in [1.82, 2.24) is 10.6 Å². The van der Waals surface area contributed by atoms with Crippen LogP contribution in [0, 0.1) is 0 Å². The maximum Gasteiger partial charge on any atom is 0.407 e. The van der Waals surface area contributed by atoms with Gasteiger partial charge in [0.25, 0.3) is 0 Å². The molecular formula is C18H26N2O3. The zero-order valence-corrected chi connectivity index (χ0v) is 14.3. The highest BCUT2D eigenvalue weighted by atomic mass is 16.6. The Morgan fingerprint density at radius 1 is 1.35 bits per heavy atom. The summed E-state index contributed by atoms with van der Waals surface area (Å²) in [6.45, 7) is 8.55. The Morgan fingerprint density at radius 3 is 2.87 bits per heavy atom.